The Bertz CT molecular complexity index is 2500. The molecule has 6 aromatic carbocycles. The van der Waals surface area contributed by atoms with Gasteiger partial charge in [-0.2, -0.15) is 0 Å². The lowest BCUT2D eigenvalue weighted by atomic mass is 10.2. The van der Waals surface area contributed by atoms with Gasteiger partial charge >= 0.3 is 5.97 Å². The predicted octanol–water partition coefficient (Wildman–Crippen LogP) is 11.1. The third kappa shape index (κ3) is 10.2. The van der Waals surface area contributed by atoms with E-state index in [9.17, 15) is 9.90 Å². The zero-order chi connectivity index (χ0) is 39.4. The molecular formula is C49H48N4O4. The van der Waals surface area contributed by atoms with Crippen LogP contribution in [0.5, 0.6) is 11.5 Å². The van der Waals surface area contributed by atoms with Crippen LogP contribution in [0.3, 0.4) is 0 Å². The van der Waals surface area contributed by atoms with Gasteiger partial charge in [-0.05, 0) is 68.5 Å². The monoisotopic (exact) mass is 756 g/mol. The van der Waals surface area contributed by atoms with Crippen molar-refractivity contribution in [2.75, 3.05) is 6.61 Å². The first-order chi connectivity index (χ1) is 27.9. The lowest BCUT2D eigenvalue weighted by Crippen LogP contribution is -2.11. The summed E-state index contributed by atoms with van der Waals surface area (Å²) < 4.78 is 15.6. The van der Waals surface area contributed by atoms with E-state index >= 15 is 0 Å². The predicted molar refractivity (Wildman–Crippen MR) is 228 cm³/mol. The number of imidazole rings is 2. The lowest BCUT2D eigenvalue weighted by molar-refractivity contribution is -0.147. The van der Waals surface area contributed by atoms with Crippen molar-refractivity contribution in [1.29, 1.82) is 0 Å². The normalized spacial score (nSPS) is 11.1. The maximum atomic E-state index is 11.6. The lowest BCUT2D eigenvalue weighted by Gasteiger charge is -2.11. The summed E-state index contributed by atoms with van der Waals surface area (Å²) in [6.45, 7) is 5.81. The zero-order valence-electron chi connectivity index (χ0n) is 32.5. The Morgan fingerprint density at radius 1 is 0.596 bits per heavy atom. The molecule has 0 fully saturated rings. The molecule has 0 aliphatic rings. The number of esters is 1. The molecular weight excluding hydrogens is 709 g/mol. The van der Waals surface area contributed by atoms with Crippen molar-refractivity contribution < 1.29 is 19.4 Å². The molecule has 0 bridgehead atoms. The quantitative estimate of drug-likeness (QED) is 0.0877. The van der Waals surface area contributed by atoms with Crippen LogP contribution < -0.4 is 4.74 Å². The van der Waals surface area contributed by atoms with Crippen LogP contribution in [-0.2, 0) is 22.6 Å². The van der Waals surface area contributed by atoms with Crippen LogP contribution >= 0.6 is 0 Å². The van der Waals surface area contributed by atoms with Gasteiger partial charge in [0.2, 0.25) is 0 Å². The summed E-state index contributed by atoms with van der Waals surface area (Å²) in [5.41, 5.74) is 8.41. The molecule has 0 aliphatic heterocycles. The van der Waals surface area contributed by atoms with Gasteiger partial charge in [-0.1, -0.05) is 121 Å². The molecule has 8 heteroatoms. The highest BCUT2D eigenvalue weighted by Gasteiger charge is 2.15. The molecule has 8 rings (SSSR count). The number of nitrogens with zero attached hydrogens (tertiary/aromatic N) is 4. The molecule has 0 saturated heterocycles. The Kier molecular flexibility index (Phi) is 12.7. The minimum atomic E-state index is -0.123. The molecule has 2 heterocycles. The Labute approximate surface area is 334 Å². The number of ether oxygens (including phenoxy) is 2. The number of phenols is 1. The molecule has 0 unspecified atom stereocenters. The average molecular weight is 757 g/mol. The summed E-state index contributed by atoms with van der Waals surface area (Å²) >= 11 is 0. The van der Waals surface area contributed by atoms with Crippen molar-refractivity contribution >= 4 is 28.0 Å². The number of rotatable bonds is 14. The number of benzene rings is 6. The first-order valence-electron chi connectivity index (χ1n) is 19.6. The van der Waals surface area contributed by atoms with E-state index in [0.29, 0.717) is 19.6 Å². The Morgan fingerprint density at radius 2 is 1.09 bits per heavy atom. The van der Waals surface area contributed by atoms with Gasteiger partial charge in [-0.25, -0.2) is 9.97 Å². The Hall–Kier alpha value is -6.67. The average Bonchev–Trinajstić information content (AvgIpc) is 3.77. The number of aromatic hydroxyl groups is 1. The summed E-state index contributed by atoms with van der Waals surface area (Å²) in [5.74, 6) is 2.83. The fourth-order valence-corrected chi connectivity index (χ4v) is 6.83. The molecule has 0 saturated carbocycles. The standard InChI is InChI=1S/C29H32N2O3.C20H16N2O/c1-22(2)34-28(32)16-10-5-11-19-33-25-17-18-26-27(20-25)31(21-23-12-6-3-7-13-23)29(30-26)24-14-8-4-9-15-24;23-17-11-12-18-19(13-17)22(14-15-7-3-1-4-8-15)20(21-18)16-9-5-2-6-10-16/h3-4,6-9,12-15,17-18,20,22H,5,10-11,16,19,21H2,1-2H3;1-13,23H,14H2. The second-order valence-electron chi connectivity index (χ2n) is 14.3. The van der Waals surface area contributed by atoms with Crippen molar-refractivity contribution in [3.63, 3.8) is 0 Å². The van der Waals surface area contributed by atoms with E-state index in [2.05, 4.69) is 75.9 Å². The first-order valence-corrected chi connectivity index (χ1v) is 19.6. The van der Waals surface area contributed by atoms with Crippen molar-refractivity contribution in [2.45, 2.75) is 58.7 Å². The first kappa shape index (κ1) is 38.6. The molecule has 1 N–H and O–H groups in total. The van der Waals surface area contributed by atoms with Crippen molar-refractivity contribution in [2.24, 2.45) is 0 Å². The highest BCUT2D eigenvalue weighted by Crippen LogP contribution is 2.30. The van der Waals surface area contributed by atoms with Crippen molar-refractivity contribution in [3.05, 3.63) is 169 Å². The summed E-state index contributed by atoms with van der Waals surface area (Å²) in [5, 5.41) is 9.86. The summed E-state index contributed by atoms with van der Waals surface area (Å²) in [4.78, 5) is 21.4. The van der Waals surface area contributed by atoms with Gasteiger partial charge in [0.15, 0.2) is 0 Å². The second-order valence-corrected chi connectivity index (χ2v) is 14.3. The molecule has 0 amide bonds. The molecule has 8 nitrogen and oxygen atoms in total. The fraction of sp³-hybridized carbons (Fsp3) is 0.204. The minimum Gasteiger partial charge on any atom is -0.508 e. The van der Waals surface area contributed by atoms with E-state index in [0.717, 1.165) is 76.4 Å². The molecule has 0 spiro atoms. The van der Waals surface area contributed by atoms with Crippen LogP contribution in [0.2, 0.25) is 0 Å². The van der Waals surface area contributed by atoms with Gasteiger partial charge in [0.25, 0.3) is 0 Å². The highest BCUT2D eigenvalue weighted by atomic mass is 16.5. The van der Waals surface area contributed by atoms with E-state index in [1.165, 1.54) is 11.1 Å². The summed E-state index contributed by atoms with van der Waals surface area (Å²) in [6.07, 6.45) is 3.05. The van der Waals surface area contributed by atoms with E-state index in [4.69, 9.17) is 19.4 Å². The third-order valence-corrected chi connectivity index (χ3v) is 9.54. The molecule has 0 radical (unpaired) electrons. The molecule has 8 aromatic rings. The zero-order valence-corrected chi connectivity index (χ0v) is 32.5. The second kappa shape index (κ2) is 18.8. The minimum absolute atomic E-state index is 0.0523. The van der Waals surface area contributed by atoms with Crippen LogP contribution in [0.1, 0.15) is 50.7 Å². The fourth-order valence-electron chi connectivity index (χ4n) is 6.83. The van der Waals surface area contributed by atoms with E-state index in [-0.39, 0.29) is 17.8 Å². The van der Waals surface area contributed by atoms with Gasteiger partial charge in [-0.15, -0.1) is 0 Å². The number of phenolic OH excluding ortho intramolecular Hbond substituents is 1. The molecule has 57 heavy (non-hydrogen) atoms. The van der Waals surface area contributed by atoms with Crippen LogP contribution in [0.15, 0.2) is 158 Å². The number of aromatic nitrogens is 4. The maximum absolute atomic E-state index is 11.6. The number of fused-ring (bicyclic) bond motifs is 2. The van der Waals surface area contributed by atoms with Crippen molar-refractivity contribution in [1.82, 2.24) is 19.1 Å². The Balaban J connectivity index is 0.000000187. The van der Waals surface area contributed by atoms with E-state index in [1.807, 2.05) is 92.7 Å². The molecule has 2 aromatic heterocycles. The summed E-state index contributed by atoms with van der Waals surface area (Å²) in [7, 11) is 0. The molecule has 0 aliphatic carbocycles. The SMILES string of the molecule is CC(C)OC(=O)CCCCCOc1ccc2nc(-c3ccccc3)n(Cc3ccccc3)c2c1.Oc1ccc2nc(-c3ccccc3)n(Cc3ccccc3)c2c1. The third-order valence-electron chi connectivity index (χ3n) is 9.54. The largest absolute Gasteiger partial charge is 0.508 e. The van der Waals surface area contributed by atoms with Gasteiger partial charge in [-0.3, -0.25) is 4.79 Å². The maximum Gasteiger partial charge on any atom is 0.306 e. The van der Waals surface area contributed by atoms with Crippen LogP contribution in [0.4, 0.5) is 0 Å². The highest BCUT2D eigenvalue weighted by molar-refractivity contribution is 5.83. The Morgan fingerprint density at radius 3 is 1.61 bits per heavy atom. The molecule has 288 valence electrons. The van der Waals surface area contributed by atoms with Crippen molar-refractivity contribution in [3.8, 4) is 34.3 Å². The van der Waals surface area contributed by atoms with E-state index in [1.54, 1.807) is 12.1 Å². The van der Waals surface area contributed by atoms with Gasteiger partial charge in [0.1, 0.15) is 23.1 Å². The number of unbranched alkanes of at least 4 members (excludes halogenated alkanes) is 2. The van der Waals surface area contributed by atoms with Gasteiger partial charge < -0.3 is 23.7 Å². The molecule has 0 atom stereocenters. The number of carbonyl (C=O) groups excluding carboxylic acids is 1. The number of carbonyl (C=O) groups is 1. The smallest absolute Gasteiger partial charge is 0.306 e. The van der Waals surface area contributed by atoms with Crippen LogP contribution in [-0.4, -0.2) is 42.9 Å². The topological polar surface area (TPSA) is 91.4 Å². The number of hydrogen-bond acceptors (Lipinski definition) is 6. The number of hydrogen-bond donors (Lipinski definition) is 1. The van der Waals surface area contributed by atoms with Crippen LogP contribution in [0.25, 0.3) is 44.8 Å². The summed E-state index contributed by atoms with van der Waals surface area (Å²) in [6, 6.07) is 52.6. The van der Waals surface area contributed by atoms with Gasteiger partial charge in [0.05, 0.1) is 34.8 Å². The van der Waals surface area contributed by atoms with Crippen LogP contribution in [0, 0.1) is 0 Å². The van der Waals surface area contributed by atoms with Gasteiger partial charge in [0, 0.05) is 42.8 Å². The van der Waals surface area contributed by atoms with E-state index < -0.39 is 0 Å².